The highest BCUT2D eigenvalue weighted by Crippen LogP contribution is 2.31. The Labute approximate surface area is 132 Å². The SMILES string of the molecule is Cc1cc2c(=O)oc3cc(OS(N)(=O)=O)ccc3c2c(C)c1C. The van der Waals surface area contributed by atoms with E-state index in [2.05, 4.69) is 4.18 Å². The molecule has 0 radical (unpaired) electrons. The summed E-state index contributed by atoms with van der Waals surface area (Å²) in [6.07, 6.45) is 0. The average Bonchev–Trinajstić information content (AvgIpc) is 2.43. The molecule has 7 heteroatoms. The van der Waals surface area contributed by atoms with Crippen LogP contribution in [0.5, 0.6) is 5.75 Å². The topological polar surface area (TPSA) is 99.6 Å². The van der Waals surface area contributed by atoms with Crippen LogP contribution >= 0.6 is 0 Å². The van der Waals surface area contributed by atoms with Crippen molar-refractivity contribution in [1.29, 1.82) is 0 Å². The quantitative estimate of drug-likeness (QED) is 0.573. The fourth-order valence-electron chi connectivity index (χ4n) is 2.72. The van der Waals surface area contributed by atoms with Crippen molar-refractivity contribution in [1.82, 2.24) is 0 Å². The Morgan fingerprint density at radius 3 is 2.39 bits per heavy atom. The molecular formula is C16H15NO5S. The molecule has 2 N–H and O–H groups in total. The zero-order chi connectivity index (χ0) is 16.9. The fourth-order valence-corrected chi connectivity index (χ4v) is 3.10. The molecule has 0 atom stereocenters. The van der Waals surface area contributed by atoms with E-state index in [1.165, 1.54) is 12.1 Å². The third-order valence-electron chi connectivity index (χ3n) is 4.02. The van der Waals surface area contributed by atoms with Gasteiger partial charge in [-0.1, -0.05) is 0 Å². The van der Waals surface area contributed by atoms with Gasteiger partial charge in [0.1, 0.15) is 11.3 Å². The number of rotatable bonds is 2. The first-order valence-electron chi connectivity index (χ1n) is 6.87. The second-order valence-corrected chi connectivity index (χ2v) is 6.64. The van der Waals surface area contributed by atoms with E-state index >= 15 is 0 Å². The Morgan fingerprint density at radius 2 is 1.74 bits per heavy atom. The van der Waals surface area contributed by atoms with Crippen molar-refractivity contribution in [2.45, 2.75) is 20.8 Å². The Kier molecular flexibility index (Phi) is 3.42. The lowest BCUT2D eigenvalue weighted by Gasteiger charge is -2.11. The van der Waals surface area contributed by atoms with Gasteiger partial charge in [0.2, 0.25) is 0 Å². The van der Waals surface area contributed by atoms with Crippen molar-refractivity contribution in [2.75, 3.05) is 0 Å². The minimum absolute atomic E-state index is 0.0102. The number of nitrogens with two attached hydrogens (primary N) is 1. The highest BCUT2D eigenvalue weighted by molar-refractivity contribution is 7.84. The summed E-state index contributed by atoms with van der Waals surface area (Å²) in [7, 11) is -4.14. The van der Waals surface area contributed by atoms with Crippen LogP contribution in [0.4, 0.5) is 0 Å². The molecule has 120 valence electrons. The zero-order valence-electron chi connectivity index (χ0n) is 12.8. The predicted molar refractivity (Wildman–Crippen MR) is 87.9 cm³/mol. The molecule has 3 rings (SSSR count). The first-order chi connectivity index (χ1) is 10.7. The van der Waals surface area contributed by atoms with Gasteiger partial charge < -0.3 is 8.60 Å². The maximum atomic E-state index is 12.3. The molecule has 0 bridgehead atoms. The number of hydrogen-bond donors (Lipinski definition) is 1. The van der Waals surface area contributed by atoms with Gasteiger partial charge in [0.15, 0.2) is 0 Å². The van der Waals surface area contributed by atoms with Gasteiger partial charge >= 0.3 is 15.9 Å². The normalized spacial score (nSPS) is 12.0. The van der Waals surface area contributed by atoms with E-state index in [-0.39, 0.29) is 11.3 Å². The molecule has 0 aliphatic heterocycles. The Balaban J connectivity index is 2.41. The van der Waals surface area contributed by atoms with E-state index in [1.54, 1.807) is 12.1 Å². The van der Waals surface area contributed by atoms with Gasteiger partial charge in [-0.15, -0.1) is 0 Å². The van der Waals surface area contributed by atoms with Gasteiger partial charge in [-0.05, 0) is 55.7 Å². The van der Waals surface area contributed by atoms with Crippen LogP contribution < -0.4 is 14.9 Å². The number of aryl methyl sites for hydroxylation is 2. The summed E-state index contributed by atoms with van der Waals surface area (Å²) in [5.41, 5.74) is 2.85. The summed E-state index contributed by atoms with van der Waals surface area (Å²) in [5.74, 6) is -0.0102. The Hall–Kier alpha value is -2.38. The molecule has 0 saturated carbocycles. The average molecular weight is 333 g/mol. The molecule has 1 aromatic heterocycles. The fraction of sp³-hybridized carbons (Fsp3) is 0.188. The van der Waals surface area contributed by atoms with E-state index < -0.39 is 15.9 Å². The number of hydrogen-bond acceptors (Lipinski definition) is 5. The second-order valence-electron chi connectivity index (χ2n) is 5.49. The van der Waals surface area contributed by atoms with Crippen LogP contribution in [0, 0.1) is 20.8 Å². The standard InChI is InChI=1S/C16H15NO5S/c1-8-6-13-15(10(3)9(8)2)12-5-4-11(22-23(17,19)20)7-14(12)21-16(13)18/h4-7H,1-3H3,(H2,17,19,20). The second kappa shape index (κ2) is 5.07. The van der Waals surface area contributed by atoms with Gasteiger partial charge in [0, 0.05) is 16.8 Å². The lowest BCUT2D eigenvalue weighted by Crippen LogP contribution is -2.18. The number of benzene rings is 2. The summed E-state index contributed by atoms with van der Waals surface area (Å²) >= 11 is 0. The van der Waals surface area contributed by atoms with Crippen molar-refractivity contribution in [3.63, 3.8) is 0 Å². The van der Waals surface area contributed by atoms with Crippen molar-refractivity contribution in [2.24, 2.45) is 5.14 Å². The van der Waals surface area contributed by atoms with Crippen molar-refractivity contribution >= 4 is 32.0 Å². The first-order valence-corrected chi connectivity index (χ1v) is 8.34. The van der Waals surface area contributed by atoms with Crippen molar-refractivity contribution in [3.8, 4) is 5.75 Å². The monoisotopic (exact) mass is 333 g/mol. The highest BCUT2D eigenvalue weighted by atomic mass is 32.2. The Bertz CT molecular complexity index is 1110. The van der Waals surface area contributed by atoms with Gasteiger partial charge in [-0.3, -0.25) is 0 Å². The molecule has 0 saturated heterocycles. The summed E-state index contributed by atoms with van der Waals surface area (Å²) in [5, 5.41) is 6.85. The molecule has 23 heavy (non-hydrogen) atoms. The van der Waals surface area contributed by atoms with E-state index in [9.17, 15) is 13.2 Å². The molecule has 0 aliphatic carbocycles. The Morgan fingerprint density at radius 1 is 1.04 bits per heavy atom. The lowest BCUT2D eigenvalue weighted by molar-refractivity contribution is 0.487. The van der Waals surface area contributed by atoms with Crippen molar-refractivity contribution in [3.05, 3.63) is 51.4 Å². The van der Waals surface area contributed by atoms with Crippen LogP contribution in [-0.4, -0.2) is 8.42 Å². The van der Waals surface area contributed by atoms with Gasteiger partial charge in [0.25, 0.3) is 0 Å². The van der Waals surface area contributed by atoms with Crippen LogP contribution in [0.25, 0.3) is 21.7 Å². The minimum atomic E-state index is -4.14. The maximum Gasteiger partial charge on any atom is 0.380 e. The van der Waals surface area contributed by atoms with E-state index in [1.807, 2.05) is 20.8 Å². The minimum Gasteiger partial charge on any atom is -0.422 e. The summed E-state index contributed by atoms with van der Waals surface area (Å²) < 4.78 is 32.0. The van der Waals surface area contributed by atoms with E-state index in [4.69, 9.17) is 9.56 Å². The molecule has 0 fully saturated rings. The van der Waals surface area contributed by atoms with E-state index in [0.717, 1.165) is 22.1 Å². The van der Waals surface area contributed by atoms with Crippen LogP contribution in [0.2, 0.25) is 0 Å². The molecule has 1 heterocycles. The van der Waals surface area contributed by atoms with Crippen molar-refractivity contribution < 1.29 is 17.0 Å². The first kappa shape index (κ1) is 15.5. The largest absolute Gasteiger partial charge is 0.422 e. The molecule has 2 aromatic carbocycles. The summed E-state index contributed by atoms with van der Waals surface area (Å²) in [6, 6.07) is 6.27. The summed E-state index contributed by atoms with van der Waals surface area (Å²) in [6.45, 7) is 5.87. The number of fused-ring (bicyclic) bond motifs is 3. The van der Waals surface area contributed by atoms with Crippen LogP contribution in [0.3, 0.4) is 0 Å². The lowest BCUT2D eigenvalue weighted by atomic mass is 9.95. The van der Waals surface area contributed by atoms with Crippen LogP contribution in [0.1, 0.15) is 16.7 Å². The highest BCUT2D eigenvalue weighted by Gasteiger charge is 2.14. The molecule has 0 spiro atoms. The third kappa shape index (κ3) is 2.69. The van der Waals surface area contributed by atoms with Crippen LogP contribution in [0.15, 0.2) is 33.5 Å². The molecule has 0 aliphatic rings. The smallest absolute Gasteiger partial charge is 0.380 e. The molecule has 6 nitrogen and oxygen atoms in total. The molecular weight excluding hydrogens is 318 g/mol. The molecule has 3 aromatic rings. The van der Waals surface area contributed by atoms with Gasteiger partial charge in [-0.25, -0.2) is 4.79 Å². The maximum absolute atomic E-state index is 12.3. The zero-order valence-corrected chi connectivity index (χ0v) is 13.7. The molecule has 0 amide bonds. The predicted octanol–water partition coefficient (Wildman–Crippen LogP) is 2.45. The third-order valence-corrected chi connectivity index (χ3v) is 4.44. The van der Waals surface area contributed by atoms with E-state index in [0.29, 0.717) is 10.8 Å². The molecule has 0 unspecified atom stereocenters. The van der Waals surface area contributed by atoms with Crippen LogP contribution in [-0.2, 0) is 10.3 Å². The van der Waals surface area contributed by atoms with Gasteiger partial charge in [0.05, 0.1) is 5.39 Å². The summed E-state index contributed by atoms with van der Waals surface area (Å²) in [4.78, 5) is 12.3. The van der Waals surface area contributed by atoms with Gasteiger partial charge in [-0.2, -0.15) is 13.6 Å².